The number of carbonyl (C=O) groups is 2. The molecule has 10 heteroatoms. The van der Waals surface area contributed by atoms with Crippen LogP contribution in [0.15, 0.2) is 47.4 Å². The van der Waals surface area contributed by atoms with Crippen molar-refractivity contribution in [2.24, 2.45) is 0 Å². The lowest BCUT2D eigenvalue weighted by atomic mass is 10.1. The van der Waals surface area contributed by atoms with Gasteiger partial charge in [0.1, 0.15) is 5.69 Å². The first-order valence-electron chi connectivity index (χ1n) is 10.8. The monoisotopic (exact) mass is 471 g/mol. The molecule has 1 amide bonds. The summed E-state index contributed by atoms with van der Waals surface area (Å²) in [5.41, 5.74) is 1.10. The van der Waals surface area contributed by atoms with E-state index >= 15 is 0 Å². The van der Waals surface area contributed by atoms with Crippen LogP contribution in [0.25, 0.3) is 0 Å². The summed E-state index contributed by atoms with van der Waals surface area (Å²) in [6.45, 7) is 4.25. The Morgan fingerprint density at radius 2 is 1.91 bits per heavy atom. The molecule has 1 atom stereocenters. The predicted molar refractivity (Wildman–Crippen MR) is 125 cm³/mol. The maximum absolute atomic E-state index is 12.9. The Hall–Kier alpha value is -3.11. The van der Waals surface area contributed by atoms with Gasteiger partial charge in [0.15, 0.2) is 6.61 Å². The second-order valence-electron chi connectivity index (χ2n) is 7.87. The minimum atomic E-state index is -0.772. The minimum Gasteiger partial charge on any atom is -0.452 e. The smallest absolute Gasteiger partial charge is 0.338 e. The molecular formula is C23H25N3O6S. The predicted octanol–water partition coefficient (Wildman–Crippen LogP) is 3.51. The van der Waals surface area contributed by atoms with Gasteiger partial charge in [0, 0.05) is 35.8 Å². The number of morpholine rings is 1. The first kappa shape index (κ1) is 23.1. The number of hydrogen-bond donors (Lipinski definition) is 0. The normalized spacial score (nSPS) is 18.3. The molecule has 1 fully saturated rings. The fourth-order valence-corrected chi connectivity index (χ4v) is 5.02. The quantitative estimate of drug-likeness (QED) is 0.371. The van der Waals surface area contributed by atoms with Crippen LogP contribution in [0.4, 0.5) is 17.1 Å². The van der Waals surface area contributed by atoms with Crippen molar-refractivity contribution in [3.8, 4) is 0 Å². The van der Waals surface area contributed by atoms with Crippen molar-refractivity contribution in [2.45, 2.75) is 23.5 Å². The molecule has 0 aromatic heterocycles. The van der Waals surface area contributed by atoms with Crippen molar-refractivity contribution in [1.29, 1.82) is 0 Å². The van der Waals surface area contributed by atoms with Gasteiger partial charge in [0.25, 0.3) is 11.6 Å². The molecule has 9 nitrogen and oxygen atoms in total. The lowest BCUT2D eigenvalue weighted by Gasteiger charge is -2.28. The molecule has 0 N–H and O–H groups in total. The number of anilines is 2. The Labute approximate surface area is 195 Å². The van der Waals surface area contributed by atoms with E-state index in [-0.39, 0.29) is 17.2 Å². The molecule has 2 heterocycles. The van der Waals surface area contributed by atoms with Gasteiger partial charge in [-0.05, 0) is 30.7 Å². The molecule has 2 aliphatic rings. The molecule has 0 bridgehead atoms. The molecule has 2 aromatic rings. The van der Waals surface area contributed by atoms with E-state index in [1.165, 1.54) is 12.1 Å². The van der Waals surface area contributed by atoms with E-state index in [1.54, 1.807) is 22.7 Å². The molecule has 0 aliphatic carbocycles. The first-order chi connectivity index (χ1) is 15.9. The number of rotatable bonds is 5. The zero-order chi connectivity index (χ0) is 23.4. The number of ether oxygens (including phenoxy) is 2. The van der Waals surface area contributed by atoms with Gasteiger partial charge in [-0.25, -0.2) is 4.79 Å². The number of esters is 1. The highest BCUT2D eigenvalue weighted by molar-refractivity contribution is 8.00. The molecule has 1 unspecified atom stereocenters. The zero-order valence-electron chi connectivity index (χ0n) is 18.3. The number of thioether (sulfide) groups is 1. The molecule has 0 saturated carbocycles. The Bertz CT molecular complexity index is 1060. The van der Waals surface area contributed by atoms with Crippen molar-refractivity contribution >= 4 is 40.7 Å². The molecule has 0 spiro atoms. The Balaban J connectivity index is 1.46. The number of fused-ring (bicyclic) bond motifs is 1. The van der Waals surface area contributed by atoms with Crippen LogP contribution in [0.2, 0.25) is 0 Å². The fourth-order valence-electron chi connectivity index (χ4n) is 3.90. The third-order valence-electron chi connectivity index (χ3n) is 5.63. The van der Waals surface area contributed by atoms with Gasteiger partial charge in [-0.1, -0.05) is 19.1 Å². The van der Waals surface area contributed by atoms with E-state index < -0.39 is 17.5 Å². The highest BCUT2D eigenvalue weighted by atomic mass is 32.2. The third kappa shape index (κ3) is 5.28. The van der Waals surface area contributed by atoms with E-state index in [2.05, 4.69) is 6.92 Å². The minimum absolute atomic E-state index is 0.0342. The Morgan fingerprint density at radius 1 is 1.15 bits per heavy atom. The van der Waals surface area contributed by atoms with E-state index in [0.29, 0.717) is 43.8 Å². The van der Waals surface area contributed by atoms with Crippen LogP contribution in [0.3, 0.4) is 0 Å². The van der Waals surface area contributed by atoms with Gasteiger partial charge in [-0.3, -0.25) is 14.9 Å². The van der Waals surface area contributed by atoms with Crippen molar-refractivity contribution < 1.29 is 24.0 Å². The molecule has 174 valence electrons. The second-order valence-corrected chi connectivity index (χ2v) is 9.35. The molecular weight excluding hydrogens is 446 g/mol. The van der Waals surface area contributed by atoms with Gasteiger partial charge in [0.2, 0.25) is 0 Å². The maximum Gasteiger partial charge on any atom is 0.338 e. The van der Waals surface area contributed by atoms with Crippen molar-refractivity contribution in [1.82, 2.24) is 0 Å². The average Bonchev–Trinajstić information content (AvgIpc) is 3.00. The number of nitrogens with zero attached hydrogens (tertiary/aromatic N) is 3. The number of carbonyl (C=O) groups excluding carboxylic acids is 2. The lowest BCUT2D eigenvalue weighted by molar-refractivity contribution is -0.384. The Kier molecular flexibility index (Phi) is 7.14. The molecule has 2 aliphatic heterocycles. The van der Waals surface area contributed by atoms with Crippen LogP contribution in [-0.4, -0.2) is 61.5 Å². The number of hydrogen-bond acceptors (Lipinski definition) is 8. The fraction of sp³-hybridized carbons (Fsp3) is 0.391. The number of amides is 1. The van der Waals surface area contributed by atoms with Gasteiger partial charge >= 0.3 is 5.97 Å². The summed E-state index contributed by atoms with van der Waals surface area (Å²) in [5, 5.41) is 12.0. The molecule has 0 radical (unpaired) electrons. The summed E-state index contributed by atoms with van der Waals surface area (Å²) in [6.07, 6.45) is 0.814. The zero-order valence-corrected chi connectivity index (χ0v) is 19.1. The Morgan fingerprint density at radius 3 is 2.67 bits per heavy atom. The summed E-state index contributed by atoms with van der Waals surface area (Å²) >= 11 is 1.72. The number of benzene rings is 2. The summed E-state index contributed by atoms with van der Waals surface area (Å²) in [5.74, 6) is -1.10. The van der Waals surface area contributed by atoms with E-state index in [4.69, 9.17) is 9.47 Å². The van der Waals surface area contributed by atoms with E-state index in [1.807, 2.05) is 29.2 Å². The van der Waals surface area contributed by atoms with Crippen LogP contribution < -0.4 is 9.80 Å². The van der Waals surface area contributed by atoms with Gasteiger partial charge in [-0.2, -0.15) is 0 Å². The van der Waals surface area contributed by atoms with Crippen LogP contribution in [0, 0.1) is 10.1 Å². The van der Waals surface area contributed by atoms with Crippen LogP contribution in [0.5, 0.6) is 0 Å². The maximum atomic E-state index is 12.9. The highest BCUT2D eigenvalue weighted by Crippen LogP contribution is 2.37. The van der Waals surface area contributed by atoms with Crippen molar-refractivity contribution in [2.75, 3.05) is 49.3 Å². The second kappa shape index (κ2) is 10.2. The summed E-state index contributed by atoms with van der Waals surface area (Å²) in [7, 11) is 0. The van der Waals surface area contributed by atoms with Gasteiger partial charge in [-0.15, -0.1) is 11.8 Å². The number of nitro groups is 1. The third-order valence-corrected chi connectivity index (χ3v) is 6.87. The van der Waals surface area contributed by atoms with Crippen LogP contribution in [-0.2, 0) is 14.3 Å². The van der Waals surface area contributed by atoms with Crippen molar-refractivity contribution in [3.63, 3.8) is 0 Å². The summed E-state index contributed by atoms with van der Waals surface area (Å²) in [4.78, 5) is 41.1. The van der Waals surface area contributed by atoms with Gasteiger partial charge in [0.05, 0.1) is 29.4 Å². The summed E-state index contributed by atoms with van der Waals surface area (Å²) < 4.78 is 10.6. The lowest BCUT2D eigenvalue weighted by Crippen LogP contribution is -2.36. The average molecular weight is 472 g/mol. The first-order valence-corrected chi connectivity index (χ1v) is 11.7. The number of nitro benzene ring substituents is 1. The topological polar surface area (TPSA) is 102 Å². The molecule has 1 saturated heterocycles. The van der Waals surface area contributed by atoms with Crippen molar-refractivity contribution in [3.05, 3.63) is 58.1 Å². The number of para-hydroxylation sites is 1. The molecule has 33 heavy (non-hydrogen) atoms. The van der Waals surface area contributed by atoms with E-state index in [0.717, 1.165) is 17.0 Å². The van der Waals surface area contributed by atoms with Crippen LogP contribution in [0.1, 0.15) is 23.7 Å². The highest BCUT2D eigenvalue weighted by Gasteiger charge is 2.27. The molecule has 2 aromatic carbocycles. The van der Waals surface area contributed by atoms with Crippen LogP contribution >= 0.6 is 11.8 Å². The SMILES string of the molecule is CC1CCN(C(=O)COC(=O)c2ccc(N3CCOCC3)c([N+](=O)[O-])c2)c2ccccc2S1. The molecule has 4 rings (SSSR count). The summed E-state index contributed by atoms with van der Waals surface area (Å²) in [6, 6.07) is 11.9. The van der Waals surface area contributed by atoms with Gasteiger partial charge < -0.3 is 19.3 Å². The largest absolute Gasteiger partial charge is 0.452 e. The standard InChI is InChI=1S/C23H25N3O6S/c1-16-8-9-25(19-4-2-3-5-21(19)33-16)22(27)15-32-23(28)17-6-7-18(20(14-17)26(29)30)24-10-12-31-13-11-24/h2-7,14,16H,8-13,15H2,1H3. The van der Waals surface area contributed by atoms with E-state index in [9.17, 15) is 19.7 Å².